The predicted molar refractivity (Wildman–Crippen MR) is 83.0 cm³/mol. The van der Waals surface area contributed by atoms with Gasteiger partial charge in [-0.3, -0.25) is 4.79 Å². The van der Waals surface area contributed by atoms with E-state index in [-0.39, 0.29) is 12.4 Å². The molecule has 0 amide bonds. The molecule has 0 atom stereocenters. The fraction of sp³-hybridized carbons (Fsp3) is 0.714. The van der Waals surface area contributed by atoms with E-state index >= 15 is 0 Å². The van der Waals surface area contributed by atoms with Gasteiger partial charge in [0.2, 0.25) is 0 Å². The molecule has 1 aromatic heterocycles. The smallest absolute Gasteiger partial charge is 0.311 e. The van der Waals surface area contributed by atoms with E-state index in [4.69, 9.17) is 14.2 Å². The quantitative estimate of drug-likeness (QED) is 0.458. The van der Waals surface area contributed by atoms with Crippen molar-refractivity contribution in [1.82, 2.24) is 4.98 Å². The molecule has 0 aliphatic carbocycles. The summed E-state index contributed by atoms with van der Waals surface area (Å²) in [6, 6.07) is 0. The molecule has 1 aromatic rings. The second-order valence-electron chi connectivity index (χ2n) is 4.43. The second-order valence-corrected chi connectivity index (χ2v) is 5.27. The number of hydrogen-bond acceptors (Lipinski definition) is 7. The van der Waals surface area contributed by atoms with Crippen LogP contribution in [-0.2, 0) is 25.4 Å². The van der Waals surface area contributed by atoms with Crippen molar-refractivity contribution in [3.63, 3.8) is 0 Å². The Labute approximate surface area is 130 Å². The minimum absolute atomic E-state index is 0.223. The lowest BCUT2D eigenvalue weighted by molar-refractivity contribution is -0.142. The van der Waals surface area contributed by atoms with Crippen LogP contribution in [0, 0.1) is 0 Å². The highest BCUT2D eigenvalue weighted by atomic mass is 32.1. The van der Waals surface area contributed by atoms with Crippen LogP contribution in [0.3, 0.4) is 0 Å². The third kappa shape index (κ3) is 6.88. The van der Waals surface area contributed by atoms with Crippen LogP contribution in [0.2, 0.25) is 0 Å². The molecule has 21 heavy (non-hydrogen) atoms. The third-order valence-corrected chi connectivity index (χ3v) is 3.73. The lowest BCUT2D eigenvalue weighted by atomic mass is 10.3. The lowest BCUT2D eigenvalue weighted by Gasteiger charge is -2.21. The standard InChI is InChI=1S/C14H24N2O4S/c1-4-20-13(17)10-12-11-21-14(15-12)16(7-9-19-3)6-5-8-18-2/h11H,4-10H2,1-3H3. The van der Waals surface area contributed by atoms with Gasteiger partial charge in [-0.25, -0.2) is 4.98 Å². The first-order valence-electron chi connectivity index (χ1n) is 7.04. The molecule has 1 rings (SSSR count). The average molecular weight is 316 g/mol. The summed E-state index contributed by atoms with van der Waals surface area (Å²) in [4.78, 5) is 18.1. The number of ether oxygens (including phenoxy) is 3. The van der Waals surface area contributed by atoms with Crippen LogP contribution in [0.4, 0.5) is 5.13 Å². The third-order valence-electron chi connectivity index (χ3n) is 2.78. The van der Waals surface area contributed by atoms with Gasteiger partial charge in [-0.15, -0.1) is 11.3 Å². The SMILES string of the molecule is CCOC(=O)Cc1csc(N(CCCOC)CCOC)n1. The summed E-state index contributed by atoms with van der Waals surface area (Å²) in [7, 11) is 3.38. The first kappa shape index (κ1) is 17.9. The zero-order valence-corrected chi connectivity index (χ0v) is 13.8. The minimum Gasteiger partial charge on any atom is -0.466 e. The van der Waals surface area contributed by atoms with Gasteiger partial charge in [0.05, 0.1) is 25.3 Å². The number of methoxy groups -OCH3 is 2. The van der Waals surface area contributed by atoms with Crippen LogP contribution in [0.1, 0.15) is 19.0 Å². The van der Waals surface area contributed by atoms with Crippen molar-refractivity contribution < 1.29 is 19.0 Å². The summed E-state index contributed by atoms with van der Waals surface area (Å²) in [5.74, 6) is -0.239. The molecule has 6 nitrogen and oxygen atoms in total. The number of hydrogen-bond donors (Lipinski definition) is 0. The van der Waals surface area contributed by atoms with Crippen LogP contribution >= 0.6 is 11.3 Å². The molecular formula is C14H24N2O4S. The zero-order chi connectivity index (χ0) is 15.5. The largest absolute Gasteiger partial charge is 0.466 e. The predicted octanol–water partition coefficient (Wildman–Crippen LogP) is 1.74. The second kappa shape index (κ2) is 10.5. The summed E-state index contributed by atoms with van der Waals surface area (Å²) >= 11 is 1.54. The van der Waals surface area contributed by atoms with Gasteiger partial charge in [-0.05, 0) is 13.3 Å². The number of rotatable bonds is 11. The molecule has 7 heteroatoms. The molecule has 0 N–H and O–H groups in total. The molecule has 0 bridgehead atoms. The van der Waals surface area contributed by atoms with Gasteiger partial charge in [-0.1, -0.05) is 0 Å². The van der Waals surface area contributed by atoms with Gasteiger partial charge in [0.25, 0.3) is 0 Å². The van der Waals surface area contributed by atoms with E-state index in [1.165, 1.54) is 11.3 Å². The zero-order valence-electron chi connectivity index (χ0n) is 13.0. The van der Waals surface area contributed by atoms with E-state index < -0.39 is 0 Å². The Morgan fingerprint density at radius 3 is 2.71 bits per heavy atom. The molecule has 120 valence electrons. The molecule has 0 fully saturated rings. The summed E-state index contributed by atoms with van der Waals surface area (Å²) < 4.78 is 15.1. The van der Waals surface area contributed by atoms with Crippen molar-refractivity contribution in [1.29, 1.82) is 0 Å². The molecule has 0 spiro atoms. The van der Waals surface area contributed by atoms with E-state index in [0.717, 1.165) is 30.3 Å². The molecule has 0 aromatic carbocycles. The van der Waals surface area contributed by atoms with Crippen molar-refractivity contribution in [2.75, 3.05) is 52.0 Å². The van der Waals surface area contributed by atoms with Crippen molar-refractivity contribution >= 4 is 22.4 Å². The molecule has 0 saturated carbocycles. The Kier molecular flexibility index (Phi) is 8.96. The maximum Gasteiger partial charge on any atom is 0.311 e. The molecular weight excluding hydrogens is 292 g/mol. The van der Waals surface area contributed by atoms with Crippen LogP contribution in [0.25, 0.3) is 0 Å². The van der Waals surface area contributed by atoms with Gasteiger partial charge >= 0.3 is 5.97 Å². The van der Waals surface area contributed by atoms with E-state index in [9.17, 15) is 4.79 Å². The highest BCUT2D eigenvalue weighted by Gasteiger charge is 2.13. The Hall–Kier alpha value is -1.18. The van der Waals surface area contributed by atoms with Gasteiger partial charge < -0.3 is 19.1 Å². The Morgan fingerprint density at radius 1 is 1.29 bits per heavy atom. The molecule has 0 saturated heterocycles. The van der Waals surface area contributed by atoms with Crippen LogP contribution in [-0.4, -0.2) is 58.1 Å². The van der Waals surface area contributed by atoms with Crippen LogP contribution in [0.15, 0.2) is 5.38 Å². The van der Waals surface area contributed by atoms with Crippen LogP contribution < -0.4 is 4.90 Å². The van der Waals surface area contributed by atoms with E-state index in [0.29, 0.717) is 19.8 Å². The normalized spacial score (nSPS) is 10.6. The molecule has 1 heterocycles. The number of esters is 1. The first-order chi connectivity index (χ1) is 10.2. The summed E-state index contributed by atoms with van der Waals surface area (Å²) in [6.45, 7) is 5.17. The van der Waals surface area contributed by atoms with E-state index in [1.807, 2.05) is 5.38 Å². The van der Waals surface area contributed by atoms with Gasteiger partial charge in [0.1, 0.15) is 0 Å². The summed E-state index contributed by atoms with van der Waals surface area (Å²) in [6.07, 6.45) is 1.15. The number of thiazole rings is 1. The topological polar surface area (TPSA) is 60.9 Å². The van der Waals surface area contributed by atoms with Gasteiger partial charge in [0, 0.05) is 39.3 Å². The van der Waals surface area contributed by atoms with Crippen molar-refractivity contribution in [3.05, 3.63) is 11.1 Å². The molecule has 0 aliphatic rings. The number of aromatic nitrogens is 1. The summed E-state index contributed by atoms with van der Waals surface area (Å²) in [5, 5.41) is 2.81. The lowest BCUT2D eigenvalue weighted by Crippen LogP contribution is -2.29. The van der Waals surface area contributed by atoms with Gasteiger partial charge in [-0.2, -0.15) is 0 Å². The monoisotopic (exact) mass is 316 g/mol. The number of anilines is 1. The van der Waals surface area contributed by atoms with Gasteiger partial charge in [0.15, 0.2) is 5.13 Å². The molecule has 0 unspecified atom stereocenters. The number of carbonyl (C=O) groups is 1. The fourth-order valence-electron chi connectivity index (χ4n) is 1.79. The average Bonchev–Trinajstić information content (AvgIpc) is 2.91. The van der Waals surface area contributed by atoms with Crippen molar-refractivity contribution in [3.8, 4) is 0 Å². The fourth-order valence-corrected chi connectivity index (χ4v) is 2.67. The highest BCUT2D eigenvalue weighted by Crippen LogP contribution is 2.21. The minimum atomic E-state index is -0.239. The maximum atomic E-state index is 11.5. The molecule has 0 radical (unpaired) electrons. The Balaban J connectivity index is 2.60. The first-order valence-corrected chi connectivity index (χ1v) is 7.92. The Bertz CT molecular complexity index is 411. The van der Waals surface area contributed by atoms with E-state index in [1.54, 1.807) is 21.1 Å². The Morgan fingerprint density at radius 2 is 2.05 bits per heavy atom. The number of carbonyl (C=O) groups excluding carboxylic acids is 1. The molecule has 0 aliphatic heterocycles. The highest BCUT2D eigenvalue weighted by molar-refractivity contribution is 7.13. The van der Waals surface area contributed by atoms with E-state index in [2.05, 4.69) is 9.88 Å². The number of nitrogens with zero attached hydrogens (tertiary/aromatic N) is 2. The summed E-state index contributed by atoms with van der Waals surface area (Å²) in [5.41, 5.74) is 0.752. The van der Waals surface area contributed by atoms with Crippen molar-refractivity contribution in [2.45, 2.75) is 19.8 Å². The van der Waals surface area contributed by atoms with Crippen molar-refractivity contribution in [2.24, 2.45) is 0 Å². The van der Waals surface area contributed by atoms with Crippen LogP contribution in [0.5, 0.6) is 0 Å². The maximum absolute atomic E-state index is 11.5.